The molecule has 0 bridgehead atoms. The quantitative estimate of drug-likeness (QED) is 0.441. The second kappa shape index (κ2) is 7.54. The Hall–Kier alpha value is -3.12. The SMILES string of the molecule is CC(C)(C)c1ccc(-c2cc3ccc(OC[C@@H]4Cn5ccc(=O)nc5O4)cc3s2)cc1. The summed E-state index contributed by atoms with van der Waals surface area (Å²) in [5.74, 6) is 0.811. The maximum Gasteiger partial charge on any atom is 0.300 e. The summed E-state index contributed by atoms with van der Waals surface area (Å²) in [7, 11) is 0. The fourth-order valence-electron chi connectivity index (χ4n) is 3.71. The van der Waals surface area contributed by atoms with Crippen LogP contribution >= 0.6 is 11.3 Å². The van der Waals surface area contributed by atoms with Gasteiger partial charge in [0.05, 0.1) is 6.54 Å². The van der Waals surface area contributed by atoms with Gasteiger partial charge in [-0.05, 0) is 46.2 Å². The van der Waals surface area contributed by atoms with Crippen LogP contribution in [0.1, 0.15) is 26.3 Å². The van der Waals surface area contributed by atoms with Gasteiger partial charge in [0.25, 0.3) is 11.6 Å². The average molecular weight is 433 g/mol. The number of thiophene rings is 1. The topological polar surface area (TPSA) is 53.4 Å². The van der Waals surface area contributed by atoms with Crippen LogP contribution in [0.25, 0.3) is 20.5 Å². The maximum absolute atomic E-state index is 11.4. The van der Waals surface area contributed by atoms with E-state index in [2.05, 4.69) is 68.2 Å². The number of hydrogen-bond acceptors (Lipinski definition) is 5. The van der Waals surface area contributed by atoms with E-state index in [9.17, 15) is 4.79 Å². The standard InChI is InChI=1S/C25H24N2O3S/c1-25(2,3)18-7-4-16(5-8-18)21-12-17-6-9-19(13-22(17)31-21)29-15-20-14-27-11-10-23(28)26-24(27)30-20/h4-13,20H,14-15H2,1-3H3/t20-/m0/s1. The summed E-state index contributed by atoms with van der Waals surface area (Å²) in [5.41, 5.74) is 2.43. The summed E-state index contributed by atoms with van der Waals surface area (Å²) in [5, 5.41) is 1.21. The van der Waals surface area contributed by atoms with Gasteiger partial charge in [-0.25, -0.2) is 0 Å². The van der Waals surface area contributed by atoms with E-state index in [0.29, 0.717) is 19.2 Å². The molecular weight excluding hydrogens is 408 g/mol. The highest BCUT2D eigenvalue weighted by Crippen LogP contribution is 2.36. The highest BCUT2D eigenvalue weighted by molar-refractivity contribution is 7.22. The van der Waals surface area contributed by atoms with Crippen LogP contribution in [0.15, 0.2) is 65.6 Å². The zero-order chi connectivity index (χ0) is 21.6. The molecule has 0 unspecified atom stereocenters. The van der Waals surface area contributed by atoms with Crippen LogP contribution in [0.5, 0.6) is 11.8 Å². The van der Waals surface area contributed by atoms with E-state index in [1.54, 1.807) is 17.5 Å². The van der Waals surface area contributed by atoms with Gasteiger partial charge in [0.1, 0.15) is 12.4 Å². The minimum atomic E-state index is -0.292. The van der Waals surface area contributed by atoms with Crippen molar-refractivity contribution in [2.24, 2.45) is 0 Å². The summed E-state index contributed by atoms with van der Waals surface area (Å²) in [6.45, 7) is 7.71. The molecule has 0 fully saturated rings. The van der Waals surface area contributed by atoms with Crippen molar-refractivity contribution in [3.63, 3.8) is 0 Å². The molecule has 3 heterocycles. The van der Waals surface area contributed by atoms with E-state index in [1.165, 1.54) is 32.2 Å². The molecule has 0 saturated heterocycles. The number of fused-ring (bicyclic) bond motifs is 2. The van der Waals surface area contributed by atoms with Crippen molar-refractivity contribution in [3.8, 4) is 22.2 Å². The minimum Gasteiger partial charge on any atom is -0.490 e. The van der Waals surface area contributed by atoms with Crippen molar-refractivity contribution >= 4 is 21.4 Å². The monoisotopic (exact) mass is 432 g/mol. The van der Waals surface area contributed by atoms with E-state index < -0.39 is 0 Å². The molecule has 0 N–H and O–H groups in total. The number of benzene rings is 2. The van der Waals surface area contributed by atoms with Gasteiger partial charge in [-0.3, -0.25) is 9.36 Å². The summed E-state index contributed by atoms with van der Waals surface area (Å²) < 4.78 is 14.7. The van der Waals surface area contributed by atoms with Gasteiger partial charge in [-0.15, -0.1) is 11.3 Å². The highest BCUT2D eigenvalue weighted by Gasteiger charge is 2.23. The first-order valence-corrected chi connectivity index (χ1v) is 11.2. The molecule has 0 saturated carbocycles. The lowest BCUT2D eigenvalue weighted by atomic mass is 9.86. The molecular formula is C25H24N2O3S. The van der Waals surface area contributed by atoms with Gasteiger partial charge in [0, 0.05) is 21.8 Å². The number of aromatic nitrogens is 2. The molecule has 1 aliphatic heterocycles. The van der Waals surface area contributed by atoms with Crippen LogP contribution in [-0.2, 0) is 12.0 Å². The molecule has 1 atom stereocenters. The van der Waals surface area contributed by atoms with Crippen LogP contribution in [0.4, 0.5) is 0 Å². The van der Waals surface area contributed by atoms with Gasteiger partial charge in [-0.2, -0.15) is 4.98 Å². The Morgan fingerprint density at radius 1 is 1.13 bits per heavy atom. The van der Waals surface area contributed by atoms with Crippen LogP contribution in [-0.4, -0.2) is 22.3 Å². The predicted octanol–water partition coefficient (Wildman–Crippen LogP) is 5.26. The molecule has 4 aromatic rings. The molecule has 0 amide bonds. The van der Waals surface area contributed by atoms with Crippen molar-refractivity contribution in [2.45, 2.75) is 38.8 Å². The molecule has 5 nitrogen and oxygen atoms in total. The highest BCUT2D eigenvalue weighted by atomic mass is 32.1. The van der Waals surface area contributed by atoms with Crippen LogP contribution in [0.2, 0.25) is 0 Å². The van der Waals surface area contributed by atoms with E-state index in [0.717, 1.165) is 5.75 Å². The first kappa shape index (κ1) is 19.8. The third-order valence-corrected chi connectivity index (χ3v) is 6.63. The first-order chi connectivity index (χ1) is 14.8. The number of ether oxygens (including phenoxy) is 2. The van der Waals surface area contributed by atoms with Gasteiger partial charge in [0.15, 0.2) is 6.10 Å². The third-order valence-electron chi connectivity index (χ3n) is 5.48. The lowest BCUT2D eigenvalue weighted by Gasteiger charge is -2.18. The molecule has 0 aliphatic carbocycles. The normalized spacial score (nSPS) is 15.6. The smallest absolute Gasteiger partial charge is 0.300 e. The summed E-state index contributed by atoms with van der Waals surface area (Å²) in [6, 6.07) is 19.0. The molecule has 5 rings (SSSR count). The number of rotatable bonds is 4. The van der Waals surface area contributed by atoms with Gasteiger partial charge < -0.3 is 9.47 Å². The van der Waals surface area contributed by atoms with E-state index in [4.69, 9.17) is 9.47 Å². The lowest BCUT2D eigenvalue weighted by Crippen LogP contribution is -2.23. The zero-order valence-electron chi connectivity index (χ0n) is 17.8. The molecule has 31 heavy (non-hydrogen) atoms. The Labute approximate surface area is 184 Å². The largest absolute Gasteiger partial charge is 0.490 e. The minimum absolute atomic E-state index is 0.154. The first-order valence-electron chi connectivity index (χ1n) is 10.4. The molecule has 1 aliphatic rings. The predicted molar refractivity (Wildman–Crippen MR) is 124 cm³/mol. The van der Waals surface area contributed by atoms with Crippen LogP contribution in [0.3, 0.4) is 0 Å². The Kier molecular flexibility index (Phi) is 4.82. The van der Waals surface area contributed by atoms with Crippen LogP contribution in [0, 0.1) is 0 Å². The van der Waals surface area contributed by atoms with E-state index in [-0.39, 0.29) is 17.1 Å². The summed E-state index contributed by atoms with van der Waals surface area (Å²) >= 11 is 1.77. The van der Waals surface area contributed by atoms with E-state index >= 15 is 0 Å². The Morgan fingerprint density at radius 2 is 1.94 bits per heavy atom. The maximum atomic E-state index is 11.4. The fourth-order valence-corrected chi connectivity index (χ4v) is 4.80. The molecule has 158 valence electrons. The van der Waals surface area contributed by atoms with Crippen molar-refractivity contribution in [3.05, 3.63) is 76.7 Å². The molecule has 0 radical (unpaired) electrons. The van der Waals surface area contributed by atoms with Crippen molar-refractivity contribution in [2.75, 3.05) is 6.61 Å². The van der Waals surface area contributed by atoms with Crippen molar-refractivity contribution in [1.29, 1.82) is 0 Å². The second-order valence-corrected chi connectivity index (χ2v) is 9.97. The fraction of sp³-hybridized carbons (Fsp3) is 0.280. The molecule has 2 aromatic carbocycles. The number of hydrogen-bond donors (Lipinski definition) is 0. The number of nitrogens with zero attached hydrogens (tertiary/aromatic N) is 2. The zero-order valence-corrected chi connectivity index (χ0v) is 18.6. The average Bonchev–Trinajstić information content (AvgIpc) is 3.34. The van der Waals surface area contributed by atoms with Gasteiger partial charge >= 0.3 is 0 Å². The summed E-state index contributed by atoms with van der Waals surface area (Å²) in [6.07, 6.45) is 1.54. The van der Waals surface area contributed by atoms with Gasteiger partial charge in [0.2, 0.25) is 0 Å². The Bertz CT molecular complexity index is 1300. The molecule has 6 heteroatoms. The second-order valence-electron chi connectivity index (χ2n) is 8.89. The van der Waals surface area contributed by atoms with Crippen molar-refractivity contribution < 1.29 is 9.47 Å². The summed E-state index contributed by atoms with van der Waals surface area (Å²) in [4.78, 5) is 16.5. The molecule has 0 spiro atoms. The Morgan fingerprint density at radius 3 is 2.71 bits per heavy atom. The Balaban J connectivity index is 1.29. The van der Waals surface area contributed by atoms with Crippen LogP contribution < -0.4 is 15.0 Å². The van der Waals surface area contributed by atoms with E-state index in [1.807, 2.05) is 10.6 Å². The molecule has 2 aromatic heterocycles. The lowest BCUT2D eigenvalue weighted by molar-refractivity contribution is 0.144. The third kappa shape index (κ3) is 4.08. The van der Waals surface area contributed by atoms with Crippen molar-refractivity contribution in [1.82, 2.24) is 9.55 Å². The van der Waals surface area contributed by atoms with Gasteiger partial charge in [-0.1, -0.05) is 45.0 Å².